The summed E-state index contributed by atoms with van der Waals surface area (Å²) in [5.74, 6) is -4.44. The second-order valence-corrected chi connectivity index (χ2v) is 2.28. The molecule has 0 fully saturated rings. The molecule has 0 aromatic heterocycles. The first kappa shape index (κ1) is 11.4. The zero-order chi connectivity index (χ0) is 10.4. The van der Waals surface area contributed by atoms with Crippen molar-refractivity contribution in [1.82, 2.24) is 0 Å². The van der Waals surface area contributed by atoms with E-state index in [1.54, 1.807) is 6.92 Å². The molecule has 1 atom stereocenters. The lowest BCUT2D eigenvalue weighted by molar-refractivity contribution is -0.210. The highest BCUT2D eigenvalue weighted by Crippen LogP contribution is 2.09. The fraction of sp³-hybridized carbons (Fsp3) is 0.429. The van der Waals surface area contributed by atoms with Gasteiger partial charge in [-0.05, 0) is 12.5 Å². The lowest BCUT2D eigenvalue weighted by atomic mass is 10.1. The molecule has 0 rings (SSSR count). The van der Waals surface area contributed by atoms with Crippen LogP contribution in [0.1, 0.15) is 13.3 Å². The van der Waals surface area contributed by atoms with Crippen molar-refractivity contribution in [1.29, 1.82) is 0 Å². The van der Waals surface area contributed by atoms with Crippen LogP contribution in [0, 0.1) is 5.92 Å². The molecule has 0 aliphatic carbocycles. The molecule has 0 amide bonds. The predicted molar refractivity (Wildman–Crippen MR) is 40.8 cm³/mol. The molecule has 0 bridgehead atoms. The molecule has 0 radical (unpaired) electrons. The van der Waals surface area contributed by atoms with E-state index in [-0.39, 0.29) is 6.42 Å². The standard InChI is InChI=1S/C7H10O6/c1-2-4(6(8)9)3-5(13-12)7(10)11/h3-4,12H,2H2,1H3,(H,8,9)(H,10,11). The third-order valence-electron chi connectivity index (χ3n) is 1.42. The summed E-state index contributed by atoms with van der Waals surface area (Å²) >= 11 is 0. The van der Waals surface area contributed by atoms with Gasteiger partial charge in [-0.1, -0.05) is 6.92 Å². The maximum atomic E-state index is 10.4. The SMILES string of the molecule is CCC(C=C(OO)C(=O)O)C(=O)O. The Hall–Kier alpha value is -1.56. The van der Waals surface area contributed by atoms with Crippen LogP contribution in [0.3, 0.4) is 0 Å². The molecule has 0 aromatic carbocycles. The second kappa shape index (κ2) is 5.15. The van der Waals surface area contributed by atoms with Crippen LogP contribution < -0.4 is 0 Å². The minimum atomic E-state index is -1.51. The van der Waals surface area contributed by atoms with Gasteiger partial charge in [0.1, 0.15) is 0 Å². The summed E-state index contributed by atoms with van der Waals surface area (Å²) in [6.45, 7) is 1.58. The minimum absolute atomic E-state index is 0.218. The van der Waals surface area contributed by atoms with Crippen LogP contribution >= 0.6 is 0 Å². The molecule has 74 valence electrons. The molecule has 13 heavy (non-hydrogen) atoms. The van der Waals surface area contributed by atoms with E-state index in [0.29, 0.717) is 0 Å². The van der Waals surface area contributed by atoms with E-state index < -0.39 is 23.6 Å². The van der Waals surface area contributed by atoms with Gasteiger partial charge in [-0.3, -0.25) is 4.79 Å². The summed E-state index contributed by atoms with van der Waals surface area (Å²) in [6, 6.07) is 0. The quantitative estimate of drug-likeness (QED) is 0.253. The van der Waals surface area contributed by atoms with Gasteiger partial charge >= 0.3 is 11.9 Å². The Labute approximate surface area is 74.0 Å². The fourth-order valence-corrected chi connectivity index (χ4v) is 0.687. The molecule has 0 spiro atoms. The van der Waals surface area contributed by atoms with Crippen molar-refractivity contribution < 1.29 is 29.9 Å². The highest BCUT2D eigenvalue weighted by atomic mass is 17.1. The van der Waals surface area contributed by atoms with Crippen LogP contribution in [0.4, 0.5) is 0 Å². The first-order valence-electron chi connectivity index (χ1n) is 3.52. The molecule has 1 unspecified atom stereocenters. The monoisotopic (exact) mass is 190 g/mol. The van der Waals surface area contributed by atoms with Gasteiger partial charge in [0.05, 0.1) is 5.92 Å². The van der Waals surface area contributed by atoms with Gasteiger partial charge in [-0.2, -0.15) is 0 Å². The third-order valence-corrected chi connectivity index (χ3v) is 1.42. The number of hydrogen-bond acceptors (Lipinski definition) is 4. The minimum Gasteiger partial charge on any atom is -0.481 e. The Morgan fingerprint density at radius 1 is 1.46 bits per heavy atom. The summed E-state index contributed by atoms with van der Waals surface area (Å²) in [5.41, 5.74) is 0. The first-order chi connectivity index (χ1) is 6.02. The summed E-state index contributed by atoms with van der Waals surface area (Å²) in [5, 5.41) is 25.0. The van der Waals surface area contributed by atoms with Crippen molar-refractivity contribution in [2.75, 3.05) is 0 Å². The van der Waals surface area contributed by atoms with E-state index >= 15 is 0 Å². The van der Waals surface area contributed by atoms with Crippen LogP contribution in [0.2, 0.25) is 0 Å². The molecule has 0 aliphatic rings. The third kappa shape index (κ3) is 3.57. The maximum Gasteiger partial charge on any atom is 0.375 e. The topological polar surface area (TPSA) is 104 Å². The Balaban J connectivity index is 4.64. The van der Waals surface area contributed by atoms with Crippen LogP contribution in [0.5, 0.6) is 0 Å². The maximum absolute atomic E-state index is 10.4. The van der Waals surface area contributed by atoms with E-state index in [4.69, 9.17) is 15.5 Å². The molecular weight excluding hydrogens is 180 g/mol. The zero-order valence-corrected chi connectivity index (χ0v) is 6.93. The number of carbonyl (C=O) groups is 2. The Morgan fingerprint density at radius 2 is 2.00 bits per heavy atom. The van der Waals surface area contributed by atoms with Crippen molar-refractivity contribution >= 4 is 11.9 Å². The number of hydrogen-bond donors (Lipinski definition) is 3. The number of carboxylic acids is 2. The second-order valence-electron chi connectivity index (χ2n) is 2.28. The summed E-state index contributed by atoms with van der Waals surface area (Å²) < 4.78 is 0. The zero-order valence-electron chi connectivity index (χ0n) is 6.93. The lowest BCUT2D eigenvalue weighted by Gasteiger charge is -2.03. The molecule has 0 aliphatic heterocycles. The van der Waals surface area contributed by atoms with Gasteiger partial charge < -0.3 is 15.1 Å². The highest BCUT2D eigenvalue weighted by molar-refractivity contribution is 5.85. The molecule has 3 N–H and O–H groups in total. The summed E-state index contributed by atoms with van der Waals surface area (Å²) in [7, 11) is 0. The molecule has 6 heteroatoms. The first-order valence-corrected chi connectivity index (χ1v) is 3.52. The Morgan fingerprint density at radius 3 is 2.23 bits per heavy atom. The van der Waals surface area contributed by atoms with Crippen molar-refractivity contribution in [3.63, 3.8) is 0 Å². The molecule has 0 saturated heterocycles. The van der Waals surface area contributed by atoms with Crippen LogP contribution in [0.15, 0.2) is 11.8 Å². The van der Waals surface area contributed by atoms with Gasteiger partial charge in [-0.15, -0.1) is 0 Å². The average molecular weight is 190 g/mol. The highest BCUT2D eigenvalue weighted by Gasteiger charge is 2.17. The number of aliphatic carboxylic acids is 2. The van der Waals surface area contributed by atoms with Crippen molar-refractivity contribution in [2.45, 2.75) is 13.3 Å². The molecular formula is C7H10O6. The number of rotatable bonds is 5. The average Bonchev–Trinajstić information content (AvgIpc) is 2.05. The summed E-state index contributed by atoms with van der Waals surface area (Å²) in [4.78, 5) is 24.2. The van der Waals surface area contributed by atoms with Crippen LogP contribution in [-0.2, 0) is 14.5 Å². The van der Waals surface area contributed by atoms with Crippen molar-refractivity contribution in [3.05, 3.63) is 11.8 Å². The lowest BCUT2D eigenvalue weighted by Crippen LogP contribution is -2.13. The van der Waals surface area contributed by atoms with E-state index in [9.17, 15) is 9.59 Å². The molecule has 0 saturated carbocycles. The largest absolute Gasteiger partial charge is 0.481 e. The molecule has 6 nitrogen and oxygen atoms in total. The van der Waals surface area contributed by atoms with E-state index in [2.05, 4.69) is 4.89 Å². The normalized spacial score (nSPS) is 13.5. The van der Waals surface area contributed by atoms with E-state index in [0.717, 1.165) is 6.08 Å². The number of carboxylic acid groups (broad SMARTS) is 2. The smallest absolute Gasteiger partial charge is 0.375 e. The fourth-order valence-electron chi connectivity index (χ4n) is 0.687. The van der Waals surface area contributed by atoms with Gasteiger partial charge in [0.2, 0.25) is 5.76 Å². The van der Waals surface area contributed by atoms with Crippen LogP contribution in [-0.4, -0.2) is 27.4 Å². The van der Waals surface area contributed by atoms with E-state index in [1.807, 2.05) is 0 Å². The van der Waals surface area contributed by atoms with Gasteiger partial charge in [0.25, 0.3) is 0 Å². The Kier molecular flexibility index (Phi) is 4.53. The van der Waals surface area contributed by atoms with Gasteiger partial charge in [0, 0.05) is 0 Å². The summed E-state index contributed by atoms with van der Waals surface area (Å²) in [6.07, 6.45) is 1.06. The molecule has 0 heterocycles. The van der Waals surface area contributed by atoms with Crippen molar-refractivity contribution in [2.24, 2.45) is 5.92 Å². The van der Waals surface area contributed by atoms with Gasteiger partial charge in [0.15, 0.2) is 0 Å². The predicted octanol–water partition coefficient (Wildman–Crippen LogP) is 0.555. The van der Waals surface area contributed by atoms with Crippen molar-refractivity contribution in [3.8, 4) is 0 Å². The van der Waals surface area contributed by atoms with Crippen LogP contribution in [0.25, 0.3) is 0 Å². The van der Waals surface area contributed by atoms with Gasteiger partial charge in [-0.25, -0.2) is 10.1 Å². The van der Waals surface area contributed by atoms with E-state index in [1.165, 1.54) is 0 Å². The molecule has 0 aromatic rings. The Bertz CT molecular complexity index is 231.